The quantitative estimate of drug-likeness (QED) is 0.208. The van der Waals surface area contributed by atoms with E-state index in [-0.39, 0.29) is 14.9 Å². The molecule has 0 saturated carbocycles. The lowest BCUT2D eigenvalue weighted by Gasteiger charge is -2.25. The van der Waals surface area contributed by atoms with Gasteiger partial charge >= 0.3 is 17.6 Å². The van der Waals surface area contributed by atoms with Crippen LogP contribution < -0.4 is 11.5 Å². The summed E-state index contributed by atoms with van der Waals surface area (Å²) >= 11 is 0. The molecular formula is C19H52N2O8Si2. The lowest BCUT2D eigenvalue weighted by atomic mass is 10.5. The molecule has 12 heteroatoms. The van der Waals surface area contributed by atoms with Gasteiger partial charge in [-0.2, -0.15) is 0 Å². The number of terminal acetylenes is 1. The van der Waals surface area contributed by atoms with Gasteiger partial charge in [-0.1, -0.05) is 21.3 Å². The minimum absolute atomic E-state index is 0. The van der Waals surface area contributed by atoms with Crippen molar-refractivity contribution in [3.8, 4) is 12.5 Å². The van der Waals surface area contributed by atoms with Crippen molar-refractivity contribution >= 4 is 17.6 Å². The molecule has 0 aliphatic carbocycles. The third kappa shape index (κ3) is 23.9. The smallest absolute Gasteiger partial charge is 0.451 e. The maximum Gasteiger partial charge on any atom is 0.574 e. The summed E-state index contributed by atoms with van der Waals surface area (Å²) in [6.07, 6.45) is 8.95. The summed E-state index contributed by atoms with van der Waals surface area (Å²) < 4.78 is 31.7. The summed E-state index contributed by atoms with van der Waals surface area (Å²) in [6, 6.07) is 1.46. The van der Waals surface area contributed by atoms with Crippen LogP contribution in [0.3, 0.4) is 0 Å². The lowest BCUT2D eigenvalue weighted by Crippen LogP contribution is -2.45. The second kappa shape index (κ2) is 34.1. The molecule has 0 aromatic heterocycles. The first-order chi connectivity index (χ1) is 14.0. The highest BCUT2D eigenvalue weighted by Gasteiger charge is 2.42. The standard InChI is InChI=1S/C9H19NO3Si.C6H17NO3Si.2CH4O.2CH4/c1-4-11-14(12-5-2,13-6-3)9-7-8-10;1-8-11(9-2,10-3)6-4-5-7;2*1-2;;/h1H,5-10H2,2-3H3;4-7H2,1-3H3;2*2H,1H3;2*1H4. The maximum absolute atomic E-state index is 7.00. The summed E-state index contributed by atoms with van der Waals surface area (Å²) in [4.78, 5) is 0. The molecule has 31 heavy (non-hydrogen) atoms. The summed E-state index contributed by atoms with van der Waals surface area (Å²) in [5.41, 5.74) is 10.8. The van der Waals surface area contributed by atoms with E-state index in [0.717, 1.165) is 33.1 Å². The first kappa shape index (κ1) is 44.2. The van der Waals surface area contributed by atoms with Crippen LogP contribution >= 0.6 is 0 Å². The van der Waals surface area contributed by atoms with Gasteiger partial charge in [0.25, 0.3) is 0 Å². The van der Waals surface area contributed by atoms with Crippen molar-refractivity contribution in [2.75, 3.05) is 61.9 Å². The van der Waals surface area contributed by atoms with E-state index in [1.54, 1.807) is 21.3 Å². The molecule has 0 rings (SSSR count). The van der Waals surface area contributed by atoms with Gasteiger partial charge in [0.1, 0.15) is 0 Å². The van der Waals surface area contributed by atoms with Gasteiger partial charge < -0.3 is 48.2 Å². The van der Waals surface area contributed by atoms with Crippen LogP contribution in [0.5, 0.6) is 0 Å². The van der Waals surface area contributed by atoms with Crippen LogP contribution in [0.2, 0.25) is 12.1 Å². The van der Waals surface area contributed by atoms with Crippen LogP contribution in [0.25, 0.3) is 0 Å². The fraction of sp³-hybridized carbons (Fsp3) is 0.895. The van der Waals surface area contributed by atoms with E-state index >= 15 is 0 Å². The zero-order valence-corrected chi connectivity index (χ0v) is 21.2. The van der Waals surface area contributed by atoms with E-state index in [9.17, 15) is 0 Å². The second-order valence-corrected chi connectivity index (χ2v) is 10.6. The Hall–Kier alpha value is -0.566. The third-order valence-corrected chi connectivity index (χ3v) is 8.93. The van der Waals surface area contributed by atoms with E-state index in [4.69, 9.17) is 54.7 Å². The minimum atomic E-state index is -2.63. The minimum Gasteiger partial charge on any atom is -0.451 e. The number of aliphatic hydroxyl groups excluding tert-OH is 2. The van der Waals surface area contributed by atoms with Crippen LogP contribution in [0, 0.1) is 12.5 Å². The van der Waals surface area contributed by atoms with Gasteiger partial charge in [-0.15, -0.1) is 0 Å². The van der Waals surface area contributed by atoms with Crippen molar-refractivity contribution < 1.29 is 36.8 Å². The van der Waals surface area contributed by atoms with Crippen molar-refractivity contribution in [1.29, 1.82) is 0 Å². The monoisotopic (exact) mass is 492 g/mol. The van der Waals surface area contributed by atoms with E-state index in [1.165, 1.54) is 0 Å². The molecule has 194 valence electrons. The summed E-state index contributed by atoms with van der Waals surface area (Å²) in [5, 5.41) is 14.0. The number of hydrogen-bond donors (Lipinski definition) is 4. The predicted octanol–water partition coefficient (Wildman–Crippen LogP) is 1.66. The van der Waals surface area contributed by atoms with E-state index in [2.05, 4.69) is 6.11 Å². The van der Waals surface area contributed by atoms with Gasteiger partial charge in [-0.3, -0.25) is 0 Å². The average molecular weight is 493 g/mol. The number of hydrogen-bond acceptors (Lipinski definition) is 10. The highest BCUT2D eigenvalue weighted by Crippen LogP contribution is 2.17. The molecule has 10 nitrogen and oxygen atoms in total. The zero-order chi connectivity index (χ0) is 23.6. The summed E-state index contributed by atoms with van der Waals surface area (Å²) in [6.45, 7) is 6.09. The summed E-state index contributed by atoms with van der Waals surface area (Å²) in [7, 11) is 1.87. The normalized spacial score (nSPS) is 9.61. The molecule has 0 unspecified atom stereocenters. The number of nitrogens with two attached hydrogens (primary N) is 2. The molecule has 0 saturated heterocycles. The Kier molecular flexibility index (Phi) is 48.5. The van der Waals surface area contributed by atoms with Gasteiger partial charge in [0.2, 0.25) is 0 Å². The van der Waals surface area contributed by atoms with Gasteiger partial charge in [-0.25, -0.2) is 0 Å². The molecule has 0 aliphatic heterocycles. The molecule has 0 aliphatic rings. The van der Waals surface area contributed by atoms with Crippen molar-refractivity contribution in [1.82, 2.24) is 0 Å². The number of rotatable bonds is 14. The van der Waals surface area contributed by atoms with Gasteiger partial charge in [0, 0.05) is 60.9 Å². The Morgan fingerprint density at radius 2 is 1.06 bits per heavy atom. The average Bonchev–Trinajstić information content (AvgIpc) is 2.77. The van der Waals surface area contributed by atoms with Crippen LogP contribution in [0.1, 0.15) is 41.5 Å². The maximum atomic E-state index is 7.00. The third-order valence-electron chi connectivity index (χ3n) is 3.25. The van der Waals surface area contributed by atoms with E-state index in [1.807, 2.05) is 13.8 Å². The van der Waals surface area contributed by atoms with Crippen LogP contribution in [-0.4, -0.2) is 89.7 Å². The number of aliphatic hydroxyl groups is 2. The van der Waals surface area contributed by atoms with Gasteiger partial charge in [0.15, 0.2) is 0 Å². The second-order valence-electron chi connectivity index (χ2n) is 4.85. The molecule has 0 aromatic rings. The van der Waals surface area contributed by atoms with Gasteiger partial charge in [-0.05, 0) is 39.8 Å². The molecule has 0 fully saturated rings. The molecule has 0 spiro atoms. The molecule has 0 amide bonds. The Morgan fingerprint density at radius 3 is 1.29 bits per heavy atom. The molecule has 0 radical (unpaired) electrons. The Balaban J connectivity index is -0.0000000834. The molecule has 0 aromatic carbocycles. The largest absolute Gasteiger partial charge is 0.574 e. The van der Waals surface area contributed by atoms with E-state index < -0.39 is 17.6 Å². The van der Waals surface area contributed by atoms with Crippen molar-refractivity contribution in [2.24, 2.45) is 11.5 Å². The molecule has 6 N–H and O–H groups in total. The first-order valence-electron chi connectivity index (χ1n) is 9.35. The molecule has 0 bridgehead atoms. The van der Waals surface area contributed by atoms with Crippen LogP contribution in [0.15, 0.2) is 0 Å². The zero-order valence-electron chi connectivity index (χ0n) is 19.2. The van der Waals surface area contributed by atoms with E-state index in [0.29, 0.717) is 32.3 Å². The lowest BCUT2D eigenvalue weighted by molar-refractivity contribution is 0.106. The Labute approximate surface area is 194 Å². The van der Waals surface area contributed by atoms with Crippen LogP contribution in [0.4, 0.5) is 0 Å². The van der Waals surface area contributed by atoms with Crippen molar-refractivity contribution in [3.63, 3.8) is 0 Å². The Morgan fingerprint density at radius 1 is 0.742 bits per heavy atom. The highest BCUT2D eigenvalue weighted by molar-refractivity contribution is 6.61. The Bertz CT molecular complexity index is 333. The molecule has 0 atom stereocenters. The SMILES string of the molecule is C.C.C#CO[Si](CCCN)(OCC)OCC.CO.CO.CO[Si](CCCN)(OC)OC. The fourth-order valence-electron chi connectivity index (χ4n) is 2.02. The predicted molar refractivity (Wildman–Crippen MR) is 132 cm³/mol. The first-order valence-corrected chi connectivity index (χ1v) is 13.2. The van der Waals surface area contributed by atoms with Crippen molar-refractivity contribution in [2.45, 2.75) is 53.6 Å². The van der Waals surface area contributed by atoms with Gasteiger partial charge in [0.05, 0.1) is 6.11 Å². The topological polar surface area (TPSA) is 148 Å². The van der Waals surface area contributed by atoms with Crippen LogP contribution in [-0.2, 0) is 26.6 Å². The molecule has 0 heterocycles. The summed E-state index contributed by atoms with van der Waals surface area (Å²) in [5.74, 6) is 0. The fourth-order valence-corrected chi connectivity index (χ4v) is 6.06. The highest BCUT2D eigenvalue weighted by atomic mass is 28.4. The molecular weight excluding hydrogens is 440 g/mol. The van der Waals surface area contributed by atoms with Crippen molar-refractivity contribution in [3.05, 3.63) is 0 Å².